The molecule has 0 aliphatic rings. The molecule has 6 nitrogen and oxygen atoms in total. The second-order valence-corrected chi connectivity index (χ2v) is 4.83. The first-order chi connectivity index (χ1) is 9.54. The van der Waals surface area contributed by atoms with Crippen LogP contribution in [0.2, 0.25) is 0 Å². The summed E-state index contributed by atoms with van der Waals surface area (Å²) in [4.78, 5) is 15.9. The van der Waals surface area contributed by atoms with Gasteiger partial charge in [0.1, 0.15) is 5.75 Å². The molecule has 0 saturated carbocycles. The Morgan fingerprint density at radius 1 is 1.35 bits per heavy atom. The summed E-state index contributed by atoms with van der Waals surface area (Å²) in [6, 6.07) is 5.80. The molecule has 0 unspecified atom stereocenters. The summed E-state index contributed by atoms with van der Waals surface area (Å²) in [5.74, 6) is 0.897. The molecule has 1 aromatic carbocycles. The van der Waals surface area contributed by atoms with E-state index in [1.807, 2.05) is 0 Å². The Morgan fingerprint density at radius 3 is 2.70 bits per heavy atom. The summed E-state index contributed by atoms with van der Waals surface area (Å²) >= 11 is 0. The third-order valence-corrected chi connectivity index (χ3v) is 2.53. The number of aromatic hydroxyl groups is 1. The van der Waals surface area contributed by atoms with Gasteiger partial charge in [-0.15, -0.1) is 0 Å². The van der Waals surface area contributed by atoms with Crippen molar-refractivity contribution < 1.29 is 19.2 Å². The van der Waals surface area contributed by atoms with Crippen LogP contribution in [0.4, 0.5) is 0 Å². The standard InChI is InChI=1S/C14H16N2O4/c1-9(2)7-12-15-13(20-16-12)8-19-14(18)10-3-5-11(17)6-4-10/h3-6,9,17H,7-8H2,1-2H3. The molecule has 0 spiro atoms. The monoisotopic (exact) mass is 276 g/mol. The second kappa shape index (κ2) is 6.18. The Balaban J connectivity index is 1.90. The van der Waals surface area contributed by atoms with Gasteiger partial charge in [-0.1, -0.05) is 19.0 Å². The summed E-state index contributed by atoms with van der Waals surface area (Å²) in [5.41, 5.74) is 0.352. The van der Waals surface area contributed by atoms with Crippen LogP contribution in [0.25, 0.3) is 0 Å². The Kier molecular flexibility index (Phi) is 4.34. The largest absolute Gasteiger partial charge is 0.508 e. The van der Waals surface area contributed by atoms with E-state index in [9.17, 15) is 4.79 Å². The van der Waals surface area contributed by atoms with E-state index >= 15 is 0 Å². The van der Waals surface area contributed by atoms with Gasteiger partial charge in [0, 0.05) is 6.42 Å². The number of carbonyl (C=O) groups excluding carboxylic acids is 1. The molecule has 0 amide bonds. The first-order valence-corrected chi connectivity index (χ1v) is 6.32. The van der Waals surface area contributed by atoms with Gasteiger partial charge in [-0.25, -0.2) is 4.79 Å². The van der Waals surface area contributed by atoms with Crippen molar-refractivity contribution in [2.45, 2.75) is 26.9 Å². The molecule has 0 radical (unpaired) electrons. The summed E-state index contributed by atoms with van der Waals surface area (Å²) in [5, 5.41) is 12.9. The number of benzene rings is 1. The van der Waals surface area contributed by atoms with E-state index in [4.69, 9.17) is 14.4 Å². The van der Waals surface area contributed by atoms with E-state index in [-0.39, 0.29) is 18.2 Å². The number of hydrogen-bond acceptors (Lipinski definition) is 6. The van der Waals surface area contributed by atoms with Gasteiger partial charge >= 0.3 is 5.97 Å². The van der Waals surface area contributed by atoms with Gasteiger partial charge in [0.05, 0.1) is 5.56 Å². The van der Waals surface area contributed by atoms with Gasteiger partial charge in [-0.3, -0.25) is 0 Å². The molecule has 0 bridgehead atoms. The highest BCUT2D eigenvalue weighted by atomic mass is 16.6. The number of hydrogen-bond donors (Lipinski definition) is 1. The van der Waals surface area contributed by atoms with Crippen LogP contribution in [0.1, 0.15) is 35.9 Å². The average Bonchev–Trinajstić information content (AvgIpc) is 2.83. The zero-order chi connectivity index (χ0) is 14.5. The van der Waals surface area contributed by atoms with Gasteiger partial charge < -0.3 is 14.4 Å². The molecule has 20 heavy (non-hydrogen) atoms. The van der Waals surface area contributed by atoms with Crippen molar-refractivity contribution in [3.63, 3.8) is 0 Å². The Hall–Kier alpha value is -2.37. The number of phenols is 1. The Labute approximate surface area is 116 Å². The fourth-order valence-electron chi connectivity index (χ4n) is 1.60. The minimum absolute atomic E-state index is 0.0647. The van der Waals surface area contributed by atoms with Gasteiger partial charge in [-0.2, -0.15) is 4.98 Å². The van der Waals surface area contributed by atoms with Gasteiger partial charge in [0.15, 0.2) is 12.4 Å². The minimum Gasteiger partial charge on any atom is -0.508 e. The molecule has 0 saturated heterocycles. The van der Waals surface area contributed by atoms with Gasteiger partial charge in [0.2, 0.25) is 0 Å². The Bertz CT molecular complexity index is 575. The molecule has 1 heterocycles. The lowest BCUT2D eigenvalue weighted by Crippen LogP contribution is -2.05. The lowest BCUT2D eigenvalue weighted by molar-refractivity contribution is 0.0430. The maximum absolute atomic E-state index is 11.7. The predicted molar refractivity (Wildman–Crippen MR) is 70.1 cm³/mol. The van der Waals surface area contributed by atoms with Gasteiger partial charge in [-0.05, 0) is 30.2 Å². The number of esters is 1. The quantitative estimate of drug-likeness (QED) is 0.843. The molecule has 2 aromatic rings. The number of phenolic OH excluding ortho intramolecular Hbond substituents is 1. The van der Waals surface area contributed by atoms with Crippen molar-refractivity contribution in [2.24, 2.45) is 5.92 Å². The first kappa shape index (κ1) is 14.0. The number of carbonyl (C=O) groups is 1. The minimum atomic E-state index is -0.506. The highest BCUT2D eigenvalue weighted by molar-refractivity contribution is 5.89. The molecule has 0 fully saturated rings. The van der Waals surface area contributed by atoms with Crippen LogP contribution >= 0.6 is 0 Å². The zero-order valence-corrected chi connectivity index (χ0v) is 11.4. The molecule has 106 valence electrons. The van der Waals surface area contributed by atoms with E-state index < -0.39 is 5.97 Å². The third-order valence-electron chi connectivity index (χ3n) is 2.53. The molecule has 2 rings (SSSR count). The van der Waals surface area contributed by atoms with Crippen LogP contribution < -0.4 is 0 Å². The molecule has 0 atom stereocenters. The zero-order valence-electron chi connectivity index (χ0n) is 11.4. The first-order valence-electron chi connectivity index (χ1n) is 6.32. The Morgan fingerprint density at radius 2 is 2.05 bits per heavy atom. The van der Waals surface area contributed by atoms with Crippen molar-refractivity contribution in [3.05, 3.63) is 41.5 Å². The molecular formula is C14H16N2O4. The van der Waals surface area contributed by atoms with Crippen molar-refractivity contribution in [2.75, 3.05) is 0 Å². The van der Waals surface area contributed by atoms with Gasteiger partial charge in [0.25, 0.3) is 5.89 Å². The third kappa shape index (κ3) is 3.81. The number of ether oxygens (including phenoxy) is 1. The summed E-state index contributed by atoms with van der Waals surface area (Å²) in [6.45, 7) is 4.05. The summed E-state index contributed by atoms with van der Waals surface area (Å²) in [6.07, 6.45) is 0.718. The van der Waals surface area contributed by atoms with Crippen molar-refractivity contribution in [1.82, 2.24) is 10.1 Å². The normalized spacial score (nSPS) is 10.8. The maximum Gasteiger partial charge on any atom is 0.338 e. The van der Waals surface area contributed by atoms with E-state index in [1.54, 1.807) is 0 Å². The lowest BCUT2D eigenvalue weighted by Gasteiger charge is -2.01. The van der Waals surface area contributed by atoms with Crippen molar-refractivity contribution in [1.29, 1.82) is 0 Å². The van der Waals surface area contributed by atoms with E-state index in [1.165, 1.54) is 24.3 Å². The van der Waals surface area contributed by atoms with Crippen LogP contribution in [0.5, 0.6) is 5.75 Å². The van der Waals surface area contributed by atoms with Crippen LogP contribution in [-0.2, 0) is 17.8 Å². The van der Waals surface area contributed by atoms with Crippen molar-refractivity contribution in [3.8, 4) is 5.75 Å². The smallest absolute Gasteiger partial charge is 0.338 e. The topological polar surface area (TPSA) is 85.5 Å². The maximum atomic E-state index is 11.7. The fraction of sp³-hybridized carbons (Fsp3) is 0.357. The molecule has 1 N–H and O–H groups in total. The number of rotatable bonds is 5. The van der Waals surface area contributed by atoms with Crippen LogP contribution in [0.3, 0.4) is 0 Å². The van der Waals surface area contributed by atoms with Crippen LogP contribution in [0, 0.1) is 5.92 Å². The fourth-order valence-corrected chi connectivity index (χ4v) is 1.60. The number of nitrogens with zero attached hydrogens (tertiary/aromatic N) is 2. The molecular weight excluding hydrogens is 260 g/mol. The van der Waals surface area contributed by atoms with E-state index in [0.717, 1.165) is 6.42 Å². The highest BCUT2D eigenvalue weighted by Gasteiger charge is 2.12. The van der Waals surface area contributed by atoms with Crippen LogP contribution in [0.15, 0.2) is 28.8 Å². The second-order valence-electron chi connectivity index (χ2n) is 4.83. The summed E-state index contributed by atoms with van der Waals surface area (Å²) < 4.78 is 10.0. The molecule has 0 aliphatic carbocycles. The summed E-state index contributed by atoms with van der Waals surface area (Å²) in [7, 11) is 0. The van der Waals surface area contributed by atoms with E-state index in [2.05, 4.69) is 24.0 Å². The lowest BCUT2D eigenvalue weighted by atomic mass is 10.1. The molecule has 6 heteroatoms. The van der Waals surface area contributed by atoms with Crippen LogP contribution in [-0.4, -0.2) is 21.2 Å². The highest BCUT2D eigenvalue weighted by Crippen LogP contribution is 2.11. The average molecular weight is 276 g/mol. The molecule has 0 aliphatic heterocycles. The van der Waals surface area contributed by atoms with Crippen molar-refractivity contribution >= 4 is 5.97 Å². The number of aromatic nitrogens is 2. The van der Waals surface area contributed by atoms with E-state index in [0.29, 0.717) is 17.3 Å². The molecule has 1 aromatic heterocycles. The SMILES string of the molecule is CC(C)Cc1noc(COC(=O)c2ccc(O)cc2)n1. The predicted octanol–water partition coefficient (Wildman–Crippen LogP) is 2.33.